The third-order valence-electron chi connectivity index (χ3n) is 1.81. The van der Waals surface area contributed by atoms with Crippen LogP contribution in [-0.2, 0) is 7.05 Å². The summed E-state index contributed by atoms with van der Waals surface area (Å²) in [5.41, 5.74) is -0.160. The Morgan fingerprint density at radius 3 is 2.93 bits per heavy atom. The second kappa shape index (κ2) is 4.71. The number of nitrogens with zero attached hydrogens (tertiary/aromatic N) is 4. The minimum absolute atomic E-state index is 0.160. The van der Waals surface area contributed by atoms with Gasteiger partial charge in [-0.05, 0) is 14.1 Å². The lowest BCUT2D eigenvalue weighted by molar-refractivity contribution is 0.424. The van der Waals surface area contributed by atoms with Crippen LogP contribution in [0.15, 0.2) is 11.0 Å². The van der Waals surface area contributed by atoms with E-state index in [0.717, 1.165) is 13.1 Å². The van der Waals surface area contributed by atoms with Gasteiger partial charge in [0.1, 0.15) is 6.20 Å². The summed E-state index contributed by atoms with van der Waals surface area (Å²) in [6, 6.07) is 0. The lowest BCUT2D eigenvalue weighted by Crippen LogP contribution is -2.26. The van der Waals surface area contributed by atoms with E-state index in [1.54, 1.807) is 7.05 Å². The van der Waals surface area contributed by atoms with Crippen LogP contribution in [0, 0.1) is 0 Å². The second-order valence-corrected chi connectivity index (χ2v) is 3.30. The average Bonchev–Trinajstić information content (AvgIpc) is 2.12. The van der Waals surface area contributed by atoms with Crippen molar-refractivity contribution in [3.05, 3.63) is 16.6 Å². The van der Waals surface area contributed by atoms with Crippen molar-refractivity contribution in [3.63, 3.8) is 0 Å². The highest BCUT2D eigenvalue weighted by molar-refractivity contribution is 5.22. The van der Waals surface area contributed by atoms with Crippen LogP contribution >= 0.6 is 0 Å². The first-order chi connectivity index (χ1) is 6.61. The average molecular weight is 197 g/mol. The van der Waals surface area contributed by atoms with Gasteiger partial charge in [-0.1, -0.05) is 0 Å². The van der Waals surface area contributed by atoms with E-state index in [9.17, 15) is 4.79 Å². The molecular weight excluding hydrogens is 182 g/mol. The van der Waals surface area contributed by atoms with Gasteiger partial charge in [-0.2, -0.15) is 0 Å². The van der Waals surface area contributed by atoms with Gasteiger partial charge in [0.15, 0.2) is 0 Å². The molecule has 0 radical (unpaired) electrons. The monoisotopic (exact) mass is 197 g/mol. The van der Waals surface area contributed by atoms with Gasteiger partial charge in [0.05, 0.1) is 0 Å². The van der Waals surface area contributed by atoms with Crippen LogP contribution in [0.5, 0.6) is 0 Å². The minimum Gasteiger partial charge on any atom is -0.353 e. The zero-order chi connectivity index (χ0) is 10.6. The molecule has 1 rings (SSSR count). The van der Waals surface area contributed by atoms with Gasteiger partial charge in [-0.15, -0.1) is 10.2 Å². The van der Waals surface area contributed by atoms with Crippen molar-refractivity contribution in [2.24, 2.45) is 7.05 Å². The highest BCUT2D eigenvalue weighted by Crippen LogP contribution is 1.92. The van der Waals surface area contributed by atoms with E-state index in [2.05, 4.69) is 15.5 Å². The van der Waals surface area contributed by atoms with Gasteiger partial charge in [0.25, 0.3) is 5.56 Å². The van der Waals surface area contributed by atoms with Crippen LogP contribution in [0.1, 0.15) is 0 Å². The van der Waals surface area contributed by atoms with E-state index in [1.807, 2.05) is 19.0 Å². The topological polar surface area (TPSA) is 63.0 Å². The fourth-order valence-corrected chi connectivity index (χ4v) is 0.936. The molecule has 1 aromatic rings. The van der Waals surface area contributed by atoms with Gasteiger partial charge in [0.2, 0.25) is 5.95 Å². The molecular formula is C8H15N5O. The molecule has 0 saturated heterocycles. The first kappa shape index (κ1) is 10.6. The van der Waals surface area contributed by atoms with Crippen LogP contribution in [0.25, 0.3) is 0 Å². The van der Waals surface area contributed by atoms with Crippen LogP contribution < -0.4 is 10.9 Å². The van der Waals surface area contributed by atoms with Crippen molar-refractivity contribution in [3.8, 4) is 0 Å². The Labute approximate surface area is 82.6 Å². The molecule has 14 heavy (non-hydrogen) atoms. The Morgan fingerprint density at radius 1 is 1.57 bits per heavy atom. The van der Waals surface area contributed by atoms with E-state index in [-0.39, 0.29) is 5.56 Å². The summed E-state index contributed by atoms with van der Waals surface area (Å²) in [5, 5.41) is 10.4. The predicted octanol–water partition coefficient (Wildman–Crippen LogP) is -0.851. The highest BCUT2D eigenvalue weighted by atomic mass is 16.1. The van der Waals surface area contributed by atoms with Gasteiger partial charge in [-0.25, -0.2) is 0 Å². The fraction of sp³-hybridized carbons (Fsp3) is 0.625. The number of anilines is 1. The maximum atomic E-state index is 11.1. The number of hydrogen-bond donors (Lipinski definition) is 1. The highest BCUT2D eigenvalue weighted by Gasteiger charge is 2.00. The molecule has 0 bridgehead atoms. The number of hydrogen-bond acceptors (Lipinski definition) is 5. The standard InChI is InChI=1S/C8H15N5O/c1-12(2)5-4-9-8-11-10-6-7(14)13(8)3/h6H,4-5H2,1-3H3,(H,9,11). The van der Waals surface area contributed by atoms with Crippen molar-refractivity contribution in [2.75, 3.05) is 32.5 Å². The minimum atomic E-state index is -0.160. The zero-order valence-electron chi connectivity index (χ0n) is 8.69. The van der Waals surface area contributed by atoms with E-state index in [1.165, 1.54) is 10.8 Å². The molecule has 6 nitrogen and oxygen atoms in total. The number of aromatic nitrogens is 3. The van der Waals surface area contributed by atoms with Crippen LogP contribution in [-0.4, -0.2) is 46.8 Å². The first-order valence-corrected chi connectivity index (χ1v) is 4.38. The van der Waals surface area contributed by atoms with Crippen molar-refractivity contribution >= 4 is 5.95 Å². The molecule has 0 aromatic carbocycles. The summed E-state index contributed by atoms with van der Waals surface area (Å²) < 4.78 is 1.43. The molecule has 6 heteroatoms. The summed E-state index contributed by atoms with van der Waals surface area (Å²) in [5.74, 6) is 0.499. The molecule has 0 aliphatic carbocycles. The maximum absolute atomic E-state index is 11.1. The zero-order valence-corrected chi connectivity index (χ0v) is 8.69. The van der Waals surface area contributed by atoms with Gasteiger partial charge in [-0.3, -0.25) is 9.36 Å². The second-order valence-electron chi connectivity index (χ2n) is 3.30. The van der Waals surface area contributed by atoms with Gasteiger partial charge >= 0.3 is 0 Å². The number of likely N-dealkylation sites (N-methyl/N-ethyl adjacent to an activating group) is 1. The van der Waals surface area contributed by atoms with Crippen molar-refractivity contribution < 1.29 is 0 Å². The van der Waals surface area contributed by atoms with Crippen LogP contribution in [0.2, 0.25) is 0 Å². The quantitative estimate of drug-likeness (QED) is 0.681. The molecule has 0 aliphatic heterocycles. The Bertz CT molecular complexity index is 346. The lowest BCUT2D eigenvalue weighted by Gasteiger charge is -2.11. The normalized spacial score (nSPS) is 10.6. The van der Waals surface area contributed by atoms with Gasteiger partial charge < -0.3 is 10.2 Å². The Morgan fingerprint density at radius 2 is 2.29 bits per heavy atom. The summed E-state index contributed by atoms with van der Waals surface area (Å²) >= 11 is 0. The molecule has 0 aliphatic rings. The molecule has 78 valence electrons. The summed E-state index contributed by atoms with van der Waals surface area (Å²) in [4.78, 5) is 13.2. The Kier molecular flexibility index (Phi) is 3.58. The Hall–Kier alpha value is -1.43. The molecule has 0 unspecified atom stereocenters. The molecule has 1 aromatic heterocycles. The predicted molar refractivity (Wildman–Crippen MR) is 54.3 cm³/mol. The number of nitrogens with one attached hydrogen (secondary N) is 1. The molecule has 0 fully saturated rings. The molecule has 0 saturated carbocycles. The molecule has 0 amide bonds. The molecule has 1 N–H and O–H groups in total. The summed E-state index contributed by atoms with van der Waals surface area (Å²) in [6.07, 6.45) is 1.19. The molecule has 1 heterocycles. The third-order valence-corrected chi connectivity index (χ3v) is 1.81. The smallest absolute Gasteiger partial charge is 0.273 e. The van der Waals surface area contributed by atoms with E-state index in [0.29, 0.717) is 5.95 Å². The van der Waals surface area contributed by atoms with E-state index in [4.69, 9.17) is 0 Å². The SMILES string of the molecule is CN(C)CCNc1nncc(=O)n1C. The Balaban J connectivity index is 2.59. The van der Waals surface area contributed by atoms with Crippen LogP contribution in [0.4, 0.5) is 5.95 Å². The first-order valence-electron chi connectivity index (χ1n) is 4.38. The molecule has 0 spiro atoms. The fourth-order valence-electron chi connectivity index (χ4n) is 0.936. The number of rotatable bonds is 4. The molecule has 0 atom stereocenters. The van der Waals surface area contributed by atoms with Gasteiger partial charge in [0, 0.05) is 20.1 Å². The van der Waals surface area contributed by atoms with Crippen molar-refractivity contribution in [2.45, 2.75) is 0 Å². The van der Waals surface area contributed by atoms with Crippen molar-refractivity contribution in [1.82, 2.24) is 19.7 Å². The van der Waals surface area contributed by atoms with Crippen LogP contribution in [0.3, 0.4) is 0 Å². The maximum Gasteiger partial charge on any atom is 0.273 e. The lowest BCUT2D eigenvalue weighted by atomic mass is 10.6. The van der Waals surface area contributed by atoms with E-state index >= 15 is 0 Å². The largest absolute Gasteiger partial charge is 0.353 e. The van der Waals surface area contributed by atoms with E-state index < -0.39 is 0 Å². The third kappa shape index (κ3) is 2.81. The van der Waals surface area contributed by atoms with Crippen molar-refractivity contribution in [1.29, 1.82) is 0 Å². The summed E-state index contributed by atoms with van der Waals surface area (Å²) in [7, 11) is 5.63. The summed E-state index contributed by atoms with van der Waals surface area (Å²) in [6.45, 7) is 1.61.